The third-order valence-electron chi connectivity index (χ3n) is 2.16. The fourth-order valence-corrected chi connectivity index (χ4v) is 1.92. The van der Waals surface area contributed by atoms with Crippen LogP contribution in [0.2, 0.25) is 0 Å². The Balaban J connectivity index is 3.26. The highest BCUT2D eigenvalue weighted by Gasteiger charge is 2.62. The number of alkyl halides is 6. The molecule has 0 aromatic heterocycles. The molecule has 8 heteroatoms. The standard InChI is InChI=1S/C10H7BrClF5O/c1-18-7-3-2-5(11)4-6(7)8(12)9(13,14)10(15,16)17/h2-4,8H,1H3. The molecule has 0 bridgehead atoms. The normalized spacial score (nSPS) is 14.4. The zero-order valence-corrected chi connectivity index (χ0v) is 11.2. The molecule has 0 aliphatic carbocycles. The summed E-state index contributed by atoms with van der Waals surface area (Å²) in [6.07, 6.45) is -5.73. The first-order valence-electron chi connectivity index (χ1n) is 4.53. The molecule has 1 rings (SSSR count). The number of halogens is 7. The lowest BCUT2D eigenvalue weighted by Crippen LogP contribution is -2.40. The fraction of sp³-hybridized carbons (Fsp3) is 0.400. The Hall–Kier alpha value is -0.560. The molecule has 0 aliphatic heterocycles. The van der Waals surface area contributed by atoms with E-state index in [2.05, 4.69) is 15.9 Å². The van der Waals surface area contributed by atoms with Crippen molar-refractivity contribution in [3.63, 3.8) is 0 Å². The van der Waals surface area contributed by atoms with Gasteiger partial charge in [-0.15, -0.1) is 11.6 Å². The third-order valence-corrected chi connectivity index (χ3v) is 3.16. The van der Waals surface area contributed by atoms with Gasteiger partial charge in [-0.05, 0) is 18.2 Å². The highest BCUT2D eigenvalue weighted by atomic mass is 79.9. The molecule has 0 amide bonds. The van der Waals surface area contributed by atoms with Crippen molar-refractivity contribution in [2.45, 2.75) is 17.5 Å². The van der Waals surface area contributed by atoms with E-state index in [1.807, 2.05) is 0 Å². The van der Waals surface area contributed by atoms with Gasteiger partial charge in [0, 0.05) is 10.0 Å². The van der Waals surface area contributed by atoms with Crippen molar-refractivity contribution in [3.8, 4) is 5.75 Å². The molecule has 0 radical (unpaired) electrons. The monoisotopic (exact) mass is 352 g/mol. The highest BCUT2D eigenvalue weighted by Crippen LogP contribution is 2.50. The summed E-state index contributed by atoms with van der Waals surface area (Å²) in [5.41, 5.74) is -0.434. The zero-order valence-electron chi connectivity index (χ0n) is 8.86. The number of benzene rings is 1. The molecule has 1 aromatic rings. The lowest BCUT2D eigenvalue weighted by Gasteiger charge is -2.25. The van der Waals surface area contributed by atoms with E-state index in [4.69, 9.17) is 16.3 Å². The van der Waals surface area contributed by atoms with Crippen LogP contribution in [0.1, 0.15) is 10.9 Å². The van der Waals surface area contributed by atoms with Gasteiger partial charge in [0.05, 0.1) is 7.11 Å². The van der Waals surface area contributed by atoms with Gasteiger partial charge in [0.25, 0.3) is 0 Å². The van der Waals surface area contributed by atoms with Gasteiger partial charge in [0.1, 0.15) is 11.1 Å². The smallest absolute Gasteiger partial charge is 0.455 e. The molecule has 102 valence electrons. The summed E-state index contributed by atoms with van der Waals surface area (Å²) in [7, 11) is 1.15. The Morgan fingerprint density at radius 2 is 1.78 bits per heavy atom. The minimum Gasteiger partial charge on any atom is -0.496 e. The second-order valence-corrected chi connectivity index (χ2v) is 4.72. The van der Waals surface area contributed by atoms with Gasteiger partial charge in [0.2, 0.25) is 0 Å². The van der Waals surface area contributed by atoms with Crippen LogP contribution in [0.3, 0.4) is 0 Å². The SMILES string of the molecule is COc1ccc(Br)cc1C(Cl)C(F)(F)C(F)(F)F. The van der Waals surface area contributed by atoms with Crippen molar-refractivity contribution >= 4 is 27.5 Å². The second-order valence-electron chi connectivity index (χ2n) is 3.37. The molecule has 0 heterocycles. The summed E-state index contributed by atoms with van der Waals surface area (Å²) >= 11 is 8.24. The second kappa shape index (κ2) is 5.21. The average Bonchev–Trinajstić information content (AvgIpc) is 2.26. The van der Waals surface area contributed by atoms with Crippen molar-refractivity contribution in [2.24, 2.45) is 0 Å². The van der Waals surface area contributed by atoms with Crippen molar-refractivity contribution in [1.29, 1.82) is 0 Å². The molecule has 1 unspecified atom stereocenters. The topological polar surface area (TPSA) is 9.23 Å². The molecule has 0 fully saturated rings. The van der Waals surface area contributed by atoms with Gasteiger partial charge in [0.15, 0.2) is 0 Å². The highest BCUT2D eigenvalue weighted by molar-refractivity contribution is 9.10. The molecule has 0 spiro atoms. The van der Waals surface area contributed by atoms with Gasteiger partial charge in [-0.3, -0.25) is 0 Å². The summed E-state index contributed by atoms with van der Waals surface area (Å²) < 4.78 is 68.0. The minimum atomic E-state index is -5.73. The van der Waals surface area contributed by atoms with E-state index in [1.54, 1.807) is 0 Å². The van der Waals surface area contributed by atoms with Gasteiger partial charge >= 0.3 is 12.1 Å². The average molecular weight is 354 g/mol. The van der Waals surface area contributed by atoms with E-state index in [9.17, 15) is 22.0 Å². The Morgan fingerprint density at radius 1 is 1.22 bits per heavy atom. The van der Waals surface area contributed by atoms with Crippen LogP contribution in [-0.4, -0.2) is 19.2 Å². The van der Waals surface area contributed by atoms with Crippen LogP contribution in [0, 0.1) is 0 Å². The predicted octanol–water partition coefficient (Wildman–Crippen LogP) is 4.94. The van der Waals surface area contributed by atoms with E-state index in [-0.39, 0.29) is 5.75 Å². The molecule has 0 aliphatic rings. The molecule has 0 saturated carbocycles. The Bertz CT molecular complexity index is 435. The molecular formula is C10H7BrClF5O. The quantitative estimate of drug-likeness (QED) is 0.553. The predicted molar refractivity (Wildman–Crippen MR) is 60.3 cm³/mol. The van der Waals surface area contributed by atoms with Crippen molar-refractivity contribution in [1.82, 2.24) is 0 Å². The third kappa shape index (κ3) is 2.88. The molecule has 18 heavy (non-hydrogen) atoms. The maximum atomic E-state index is 13.1. The number of hydrogen-bond acceptors (Lipinski definition) is 1. The maximum absolute atomic E-state index is 13.1. The first-order valence-corrected chi connectivity index (χ1v) is 5.76. The van der Waals surface area contributed by atoms with E-state index >= 15 is 0 Å². The van der Waals surface area contributed by atoms with Crippen molar-refractivity contribution < 1.29 is 26.7 Å². The molecular weight excluding hydrogens is 346 g/mol. The van der Waals surface area contributed by atoms with E-state index < -0.39 is 23.0 Å². The number of hydrogen-bond donors (Lipinski definition) is 0. The molecule has 1 aromatic carbocycles. The van der Waals surface area contributed by atoms with Gasteiger partial charge in [-0.2, -0.15) is 22.0 Å². The van der Waals surface area contributed by atoms with Gasteiger partial charge in [-0.25, -0.2) is 0 Å². The fourth-order valence-electron chi connectivity index (χ4n) is 1.24. The number of rotatable bonds is 3. The van der Waals surface area contributed by atoms with E-state index in [0.29, 0.717) is 4.47 Å². The lowest BCUT2D eigenvalue weighted by molar-refractivity contribution is -0.283. The largest absolute Gasteiger partial charge is 0.496 e. The summed E-state index contributed by atoms with van der Waals surface area (Å²) in [6.45, 7) is 0. The number of ether oxygens (including phenoxy) is 1. The Morgan fingerprint density at radius 3 is 2.22 bits per heavy atom. The van der Waals surface area contributed by atoms with E-state index in [0.717, 1.165) is 13.2 Å². The van der Waals surface area contributed by atoms with Gasteiger partial charge < -0.3 is 4.74 Å². The first kappa shape index (κ1) is 15.5. The van der Waals surface area contributed by atoms with Crippen LogP contribution in [0.15, 0.2) is 22.7 Å². The molecule has 0 saturated heterocycles. The maximum Gasteiger partial charge on any atom is 0.455 e. The van der Waals surface area contributed by atoms with Crippen LogP contribution in [0.25, 0.3) is 0 Å². The molecule has 0 N–H and O–H groups in total. The Labute approximate surface area is 113 Å². The van der Waals surface area contributed by atoms with Crippen molar-refractivity contribution in [2.75, 3.05) is 7.11 Å². The van der Waals surface area contributed by atoms with Crippen molar-refractivity contribution in [3.05, 3.63) is 28.2 Å². The van der Waals surface area contributed by atoms with E-state index in [1.165, 1.54) is 12.1 Å². The van der Waals surface area contributed by atoms with Crippen LogP contribution >= 0.6 is 27.5 Å². The molecule has 1 atom stereocenters. The van der Waals surface area contributed by atoms with Crippen LogP contribution in [-0.2, 0) is 0 Å². The van der Waals surface area contributed by atoms with Crippen LogP contribution < -0.4 is 4.74 Å². The van der Waals surface area contributed by atoms with Gasteiger partial charge in [-0.1, -0.05) is 15.9 Å². The molecule has 1 nitrogen and oxygen atoms in total. The summed E-state index contributed by atoms with van der Waals surface area (Å²) in [5.74, 6) is -5.19. The minimum absolute atomic E-state index is 0.137. The first-order chi connectivity index (χ1) is 8.11. The van der Waals surface area contributed by atoms with Crippen LogP contribution in [0.4, 0.5) is 22.0 Å². The van der Waals surface area contributed by atoms with Crippen LogP contribution in [0.5, 0.6) is 5.75 Å². The number of methoxy groups -OCH3 is 1. The summed E-state index contributed by atoms with van der Waals surface area (Å²) in [5, 5.41) is -2.56. The summed E-state index contributed by atoms with van der Waals surface area (Å²) in [6, 6.07) is 3.76. The lowest BCUT2D eigenvalue weighted by atomic mass is 10.1. The Kier molecular flexibility index (Phi) is 4.48. The zero-order chi connectivity index (χ0) is 14.1. The summed E-state index contributed by atoms with van der Waals surface area (Å²) in [4.78, 5) is 0.